The van der Waals surface area contributed by atoms with Crippen molar-refractivity contribution in [2.45, 2.75) is 33.6 Å². The summed E-state index contributed by atoms with van der Waals surface area (Å²) < 4.78 is 6.01. The first kappa shape index (κ1) is 14.9. The number of hydrogen-bond acceptors (Lipinski definition) is 3. The molecule has 3 heteroatoms. The van der Waals surface area contributed by atoms with Gasteiger partial charge >= 0.3 is 0 Å². The molecule has 2 rings (SSSR count). The molecule has 2 N–H and O–H groups in total. The Labute approximate surface area is 126 Å². The number of nitriles is 1. The zero-order valence-corrected chi connectivity index (χ0v) is 12.9. The molecule has 0 heterocycles. The highest BCUT2D eigenvalue weighted by Crippen LogP contribution is 2.35. The summed E-state index contributed by atoms with van der Waals surface area (Å²) in [6.45, 7) is 8.10. The van der Waals surface area contributed by atoms with E-state index in [4.69, 9.17) is 10.5 Å². The molecule has 3 nitrogen and oxygen atoms in total. The zero-order valence-electron chi connectivity index (χ0n) is 12.9. The van der Waals surface area contributed by atoms with Crippen molar-refractivity contribution in [2.75, 3.05) is 5.73 Å². The molecule has 21 heavy (non-hydrogen) atoms. The van der Waals surface area contributed by atoms with Crippen molar-refractivity contribution in [2.24, 2.45) is 0 Å². The molecule has 2 aromatic carbocycles. The van der Waals surface area contributed by atoms with E-state index < -0.39 is 0 Å². The first-order valence-corrected chi connectivity index (χ1v) is 7.01. The van der Waals surface area contributed by atoms with Crippen molar-refractivity contribution < 1.29 is 4.74 Å². The summed E-state index contributed by atoms with van der Waals surface area (Å²) in [5.74, 6) is 1.63. The maximum atomic E-state index is 9.25. The zero-order chi connectivity index (χ0) is 15.6. The molecule has 0 saturated heterocycles. The third-order valence-corrected chi connectivity index (χ3v) is 3.50. The summed E-state index contributed by atoms with van der Waals surface area (Å²) in [6, 6.07) is 11.7. The number of aryl methyl sites for hydroxylation is 2. The number of nitrogen functional groups attached to an aromatic ring is 1. The van der Waals surface area contributed by atoms with Crippen LogP contribution in [0.3, 0.4) is 0 Å². The molecule has 2 aromatic rings. The van der Waals surface area contributed by atoms with Crippen LogP contribution in [0, 0.1) is 25.2 Å². The van der Waals surface area contributed by atoms with E-state index in [2.05, 4.69) is 19.9 Å². The third-order valence-electron chi connectivity index (χ3n) is 3.50. The van der Waals surface area contributed by atoms with E-state index in [1.807, 2.05) is 44.2 Å². The van der Waals surface area contributed by atoms with E-state index in [9.17, 15) is 5.26 Å². The highest BCUT2D eigenvalue weighted by molar-refractivity contribution is 5.57. The second-order valence-electron chi connectivity index (χ2n) is 5.61. The van der Waals surface area contributed by atoms with Gasteiger partial charge in [0.15, 0.2) is 0 Å². The lowest BCUT2D eigenvalue weighted by Gasteiger charge is -2.17. The number of hydrogen-bond donors (Lipinski definition) is 1. The van der Waals surface area contributed by atoms with Gasteiger partial charge in [-0.1, -0.05) is 19.9 Å². The van der Waals surface area contributed by atoms with E-state index in [1.165, 1.54) is 0 Å². The molecular weight excluding hydrogens is 260 g/mol. The van der Waals surface area contributed by atoms with E-state index in [0.29, 0.717) is 17.2 Å². The number of nitrogens with zero attached hydrogens (tertiary/aromatic N) is 1. The first-order chi connectivity index (χ1) is 9.92. The molecule has 0 amide bonds. The number of ether oxygens (including phenoxy) is 1. The molecule has 0 radical (unpaired) electrons. The van der Waals surface area contributed by atoms with Crippen LogP contribution in [0.4, 0.5) is 5.69 Å². The van der Waals surface area contributed by atoms with Gasteiger partial charge in [0.2, 0.25) is 0 Å². The molecule has 0 atom stereocenters. The van der Waals surface area contributed by atoms with Crippen molar-refractivity contribution in [1.29, 1.82) is 5.26 Å². The van der Waals surface area contributed by atoms with Crippen LogP contribution in [0.25, 0.3) is 0 Å². The van der Waals surface area contributed by atoms with Gasteiger partial charge in [0.1, 0.15) is 17.6 Å². The molecule has 0 aliphatic rings. The lowest BCUT2D eigenvalue weighted by molar-refractivity contribution is 0.471. The minimum atomic E-state index is 0.291. The predicted octanol–water partition coefficient (Wildman–Crippen LogP) is 4.67. The molecule has 0 saturated carbocycles. The maximum absolute atomic E-state index is 9.25. The summed E-state index contributed by atoms with van der Waals surface area (Å²) in [6.07, 6.45) is 0. The highest BCUT2D eigenvalue weighted by Gasteiger charge is 2.13. The van der Waals surface area contributed by atoms with Crippen molar-refractivity contribution in [3.05, 3.63) is 52.6 Å². The molecule has 0 fully saturated rings. The van der Waals surface area contributed by atoms with Gasteiger partial charge in [-0.15, -0.1) is 0 Å². The van der Waals surface area contributed by atoms with Crippen LogP contribution in [0.5, 0.6) is 11.5 Å². The van der Waals surface area contributed by atoms with Gasteiger partial charge in [-0.05, 0) is 60.7 Å². The maximum Gasteiger partial charge on any atom is 0.145 e. The fraction of sp³-hybridized carbons (Fsp3) is 0.278. The van der Waals surface area contributed by atoms with Crippen molar-refractivity contribution in [3.8, 4) is 17.6 Å². The number of anilines is 1. The van der Waals surface area contributed by atoms with Crippen molar-refractivity contribution >= 4 is 5.69 Å². The summed E-state index contributed by atoms with van der Waals surface area (Å²) in [7, 11) is 0. The van der Waals surface area contributed by atoms with Crippen LogP contribution in [-0.2, 0) is 0 Å². The van der Waals surface area contributed by atoms with Gasteiger partial charge in [0.25, 0.3) is 0 Å². The Morgan fingerprint density at radius 3 is 2.43 bits per heavy atom. The van der Waals surface area contributed by atoms with Gasteiger partial charge < -0.3 is 10.5 Å². The molecular formula is C18H20N2O. The standard InChI is InChI=1S/C18H20N2O/c1-11(2)15-9-16(20)13(4)8-18(15)21-17-6-5-12(3)7-14(17)10-19/h5-9,11H,20H2,1-4H3. The Balaban J connectivity index is 2.49. The first-order valence-electron chi connectivity index (χ1n) is 7.01. The molecule has 0 aliphatic carbocycles. The van der Waals surface area contributed by atoms with Crippen molar-refractivity contribution in [3.63, 3.8) is 0 Å². The monoisotopic (exact) mass is 280 g/mol. The van der Waals surface area contributed by atoms with E-state index in [1.54, 1.807) is 0 Å². The van der Waals surface area contributed by atoms with Crippen LogP contribution >= 0.6 is 0 Å². The van der Waals surface area contributed by atoms with Crippen LogP contribution in [0.1, 0.15) is 42.0 Å². The smallest absolute Gasteiger partial charge is 0.145 e. The minimum absolute atomic E-state index is 0.291. The molecule has 0 spiro atoms. The molecule has 108 valence electrons. The predicted molar refractivity (Wildman–Crippen MR) is 85.6 cm³/mol. The lowest BCUT2D eigenvalue weighted by atomic mass is 9.99. The van der Waals surface area contributed by atoms with Gasteiger partial charge in [0, 0.05) is 5.69 Å². The minimum Gasteiger partial charge on any atom is -0.456 e. The summed E-state index contributed by atoms with van der Waals surface area (Å²) in [4.78, 5) is 0. The Kier molecular flexibility index (Phi) is 4.18. The van der Waals surface area contributed by atoms with Gasteiger partial charge in [-0.25, -0.2) is 0 Å². The second kappa shape index (κ2) is 5.88. The van der Waals surface area contributed by atoms with Gasteiger partial charge in [0.05, 0.1) is 5.56 Å². The van der Waals surface area contributed by atoms with Crippen LogP contribution in [0.2, 0.25) is 0 Å². The Morgan fingerprint density at radius 2 is 1.81 bits per heavy atom. The topological polar surface area (TPSA) is 59.0 Å². The van der Waals surface area contributed by atoms with E-state index in [-0.39, 0.29) is 0 Å². The molecule has 0 unspecified atom stereocenters. The molecule has 0 aromatic heterocycles. The molecule has 0 aliphatic heterocycles. The Hall–Kier alpha value is -2.47. The van der Waals surface area contributed by atoms with Crippen molar-refractivity contribution in [1.82, 2.24) is 0 Å². The number of nitrogens with two attached hydrogens (primary N) is 1. The Morgan fingerprint density at radius 1 is 1.10 bits per heavy atom. The summed E-state index contributed by atoms with van der Waals surface area (Å²) in [5, 5.41) is 9.25. The quantitative estimate of drug-likeness (QED) is 0.831. The summed E-state index contributed by atoms with van der Waals surface area (Å²) in [5.41, 5.74) is 10.3. The third kappa shape index (κ3) is 3.17. The van der Waals surface area contributed by atoms with Crippen LogP contribution in [0.15, 0.2) is 30.3 Å². The fourth-order valence-corrected chi connectivity index (χ4v) is 2.19. The SMILES string of the molecule is Cc1ccc(Oc2cc(C)c(N)cc2C(C)C)c(C#N)c1. The highest BCUT2D eigenvalue weighted by atomic mass is 16.5. The van der Waals surface area contributed by atoms with Gasteiger partial charge in [-0.3, -0.25) is 0 Å². The molecule has 0 bridgehead atoms. The average Bonchev–Trinajstić information content (AvgIpc) is 2.44. The Bertz CT molecular complexity index is 712. The lowest BCUT2D eigenvalue weighted by Crippen LogP contribution is -1.99. The van der Waals surface area contributed by atoms with Gasteiger partial charge in [-0.2, -0.15) is 5.26 Å². The van der Waals surface area contributed by atoms with Crippen LogP contribution in [-0.4, -0.2) is 0 Å². The average molecular weight is 280 g/mol. The fourth-order valence-electron chi connectivity index (χ4n) is 2.19. The van der Waals surface area contributed by atoms with E-state index in [0.717, 1.165) is 28.1 Å². The largest absolute Gasteiger partial charge is 0.456 e. The van der Waals surface area contributed by atoms with Crippen LogP contribution < -0.4 is 10.5 Å². The van der Waals surface area contributed by atoms with E-state index >= 15 is 0 Å². The second-order valence-corrected chi connectivity index (χ2v) is 5.61. The normalized spacial score (nSPS) is 10.5. The number of rotatable bonds is 3. The number of benzene rings is 2. The summed E-state index contributed by atoms with van der Waals surface area (Å²) >= 11 is 0.